The molecule has 3 heterocycles. The van der Waals surface area contributed by atoms with E-state index in [1.165, 1.54) is 16.6 Å². The molecule has 1 aliphatic rings. The van der Waals surface area contributed by atoms with Gasteiger partial charge in [-0.25, -0.2) is 8.42 Å². The van der Waals surface area contributed by atoms with Gasteiger partial charge in [-0.2, -0.15) is 14.4 Å². The van der Waals surface area contributed by atoms with E-state index in [1.807, 2.05) is 0 Å². The Morgan fingerprint density at radius 3 is 2.67 bits per heavy atom. The number of rotatable bonds is 3. The van der Waals surface area contributed by atoms with Crippen molar-refractivity contribution in [2.24, 2.45) is 5.73 Å². The Morgan fingerprint density at radius 1 is 1.43 bits per heavy atom. The Morgan fingerprint density at radius 2 is 2.14 bits per heavy atom. The fourth-order valence-corrected chi connectivity index (χ4v) is 3.72. The van der Waals surface area contributed by atoms with E-state index in [9.17, 15) is 8.42 Å². The smallest absolute Gasteiger partial charge is 0.259 e. The van der Waals surface area contributed by atoms with Crippen molar-refractivity contribution in [3.63, 3.8) is 0 Å². The topological polar surface area (TPSA) is 131 Å². The van der Waals surface area contributed by atoms with Gasteiger partial charge in [-0.1, -0.05) is 5.16 Å². The third kappa shape index (κ3) is 2.45. The van der Waals surface area contributed by atoms with E-state index in [0.29, 0.717) is 37.6 Å². The van der Waals surface area contributed by atoms with Gasteiger partial charge in [0.25, 0.3) is 10.0 Å². The summed E-state index contributed by atoms with van der Waals surface area (Å²) in [5.41, 5.74) is 5.54. The van der Waals surface area contributed by atoms with Gasteiger partial charge in [-0.15, -0.1) is 0 Å². The molecular formula is C11H16N6O3S. The first kappa shape index (κ1) is 14.2. The normalized spacial score (nSPS) is 19.7. The highest BCUT2D eigenvalue weighted by atomic mass is 32.2. The summed E-state index contributed by atoms with van der Waals surface area (Å²) in [5.74, 6) is 0.876. The molecule has 3 N–H and O–H groups in total. The van der Waals surface area contributed by atoms with Crippen LogP contribution in [-0.4, -0.2) is 46.2 Å². The zero-order chi connectivity index (χ0) is 15.1. The highest BCUT2D eigenvalue weighted by molar-refractivity contribution is 7.89. The summed E-state index contributed by atoms with van der Waals surface area (Å²) in [5, 5.41) is 10.1. The van der Waals surface area contributed by atoms with Crippen LogP contribution in [0.1, 0.15) is 24.6 Å². The second kappa shape index (κ2) is 4.90. The molecule has 3 rings (SSSR count). The zero-order valence-corrected chi connectivity index (χ0v) is 12.3. The molecule has 0 spiro atoms. The van der Waals surface area contributed by atoms with Crippen LogP contribution < -0.4 is 5.73 Å². The van der Waals surface area contributed by atoms with Crippen molar-refractivity contribution < 1.29 is 12.9 Å². The molecule has 0 aromatic carbocycles. The van der Waals surface area contributed by atoms with Crippen LogP contribution in [0.3, 0.4) is 0 Å². The summed E-state index contributed by atoms with van der Waals surface area (Å²) in [4.78, 5) is 4.16. The Kier molecular flexibility index (Phi) is 3.30. The van der Waals surface area contributed by atoms with Crippen LogP contribution in [0.4, 0.5) is 0 Å². The maximum Gasteiger partial charge on any atom is 0.259 e. The molecule has 1 aliphatic heterocycles. The van der Waals surface area contributed by atoms with Gasteiger partial charge >= 0.3 is 0 Å². The lowest BCUT2D eigenvalue weighted by molar-refractivity contribution is 0.222. The largest absolute Gasteiger partial charge is 0.340 e. The van der Waals surface area contributed by atoms with E-state index in [2.05, 4.69) is 20.3 Å². The minimum Gasteiger partial charge on any atom is -0.340 e. The minimum atomic E-state index is -3.55. The maximum atomic E-state index is 12.4. The molecule has 0 unspecified atom stereocenters. The number of H-pyrrole nitrogens is 1. The van der Waals surface area contributed by atoms with Gasteiger partial charge in [0.2, 0.25) is 5.89 Å². The van der Waals surface area contributed by atoms with Gasteiger partial charge in [-0.05, 0) is 18.9 Å². The van der Waals surface area contributed by atoms with Crippen molar-refractivity contribution in [1.82, 2.24) is 24.6 Å². The third-order valence-corrected chi connectivity index (χ3v) is 5.51. The molecule has 1 fully saturated rings. The molecule has 2 aromatic heterocycles. The van der Waals surface area contributed by atoms with Crippen LogP contribution >= 0.6 is 0 Å². The van der Waals surface area contributed by atoms with Crippen LogP contribution in [0.15, 0.2) is 21.8 Å². The maximum absolute atomic E-state index is 12.4. The Labute approximate surface area is 121 Å². The number of hydrogen-bond donors (Lipinski definition) is 2. The molecule has 10 heteroatoms. The monoisotopic (exact) mass is 312 g/mol. The summed E-state index contributed by atoms with van der Waals surface area (Å²) >= 11 is 0. The SMILES string of the molecule is Cc1nc(C2(N)CCN(S(=O)(=O)c3ccn[nH]3)CC2)no1. The van der Waals surface area contributed by atoms with Crippen molar-refractivity contribution in [1.29, 1.82) is 0 Å². The highest BCUT2D eigenvalue weighted by Gasteiger charge is 2.40. The molecule has 0 bridgehead atoms. The first-order chi connectivity index (χ1) is 9.92. The molecule has 0 atom stereocenters. The van der Waals surface area contributed by atoms with Gasteiger partial charge in [0.05, 0.1) is 11.7 Å². The molecule has 114 valence electrons. The number of aryl methyl sites for hydroxylation is 1. The molecule has 9 nitrogen and oxygen atoms in total. The van der Waals surface area contributed by atoms with Gasteiger partial charge in [0, 0.05) is 20.0 Å². The lowest BCUT2D eigenvalue weighted by Crippen LogP contribution is -2.50. The van der Waals surface area contributed by atoms with Crippen LogP contribution in [0.5, 0.6) is 0 Å². The number of nitrogens with zero attached hydrogens (tertiary/aromatic N) is 4. The number of nitrogens with two attached hydrogens (primary N) is 1. The predicted octanol–water partition coefficient (Wildman–Crippen LogP) is -0.260. The standard InChI is InChI=1S/C11H16N6O3S/c1-8-14-10(16-20-8)11(12)3-6-17(7-4-11)21(18,19)9-2-5-13-15-9/h2,5H,3-4,6-7,12H2,1H3,(H,13,15). The summed E-state index contributed by atoms with van der Waals surface area (Å²) in [6.07, 6.45) is 2.27. The van der Waals surface area contributed by atoms with Crippen molar-refractivity contribution in [2.75, 3.05) is 13.1 Å². The van der Waals surface area contributed by atoms with Gasteiger partial charge in [0.15, 0.2) is 10.9 Å². The molecule has 0 aliphatic carbocycles. The number of nitrogens with one attached hydrogen (secondary N) is 1. The number of hydrogen-bond acceptors (Lipinski definition) is 7. The highest BCUT2D eigenvalue weighted by Crippen LogP contribution is 2.30. The number of aromatic amines is 1. The predicted molar refractivity (Wildman–Crippen MR) is 71.5 cm³/mol. The molecule has 1 saturated heterocycles. The van der Waals surface area contributed by atoms with Crippen LogP contribution in [0, 0.1) is 6.92 Å². The molecule has 0 saturated carbocycles. The van der Waals surface area contributed by atoms with E-state index >= 15 is 0 Å². The number of piperidine rings is 1. The summed E-state index contributed by atoms with van der Waals surface area (Å²) in [7, 11) is -3.55. The fraction of sp³-hybridized carbons (Fsp3) is 0.545. The van der Waals surface area contributed by atoms with E-state index < -0.39 is 15.6 Å². The summed E-state index contributed by atoms with van der Waals surface area (Å²) in [6.45, 7) is 2.29. The quantitative estimate of drug-likeness (QED) is 0.798. The summed E-state index contributed by atoms with van der Waals surface area (Å²) < 4.78 is 31.1. The van der Waals surface area contributed by atoms with Crippen molar-refractivity contribution in [3.8, 4) is 0 Å². The van der Waals surface area contributed by atoms with Gasteiger partial charge < -0.3 is 10.3 Å². The molecule has 2 aromatic rings. The third-order valence-electron chi connectivity index (χ3n) is 3.68. The van der Waals surface area contributed by atoms with Gasteiger partial charge in [0.1, 0.15) is 0 Å². The van der Waals surface area contributed by atoms with E-state index in [-0.39, 0.29) is 5.03 Å². The molecule has 21 heavy (non-hydrogen) atoms. The second-order valence-electron chi connectivity index (χ2n) is 5.12. The minimum absolute atomic E-state index is 0.0856. The van der Waals surface area contributed by atoms with Crippen LogP contribution in [-0.2, 0) is 15.6 Å². The van der Waals surface area contributed by atoms with E-state index in [1.54, 1.807) is 6.92 Å². The van der Waals surface area contributed by atoms with Crippen LogP contribution in [0.2, 0.25) is 0 Å². The van der Waals surface area contributed by atoms with Crippen molar-refractivity contribution >= 4 is 10.0 Å². The lowest BCUT2D eigenvalue weighted by Gasteiger charge is -2.36. The average Bonchev–Trinajstić information content (AvgIpc) is 3.10. The van der Waals surface area contributed by atoms with Gasteiger partial charge in [-0.3, -0.25) is 5.10 Å². The molecular weight excluding hydrogens is 296 g/mol. The molecule has 0 amide bonds. The molecule has 0 radical (unpaired) electrons. The van der Waals surface area contributed by atoms with Crippen LogP contribution in [0.25, 0.3) is 0 Å². The Balaban J connectivity index is 1.76. The second-order valence-corrected chi connectivity index (χ2v) is 7.02. The van der Waals surface area contributed by atoms with E-state index in [4.69, 9.17) is 10.3 Å². The first-order valence-electron chi connectivity index (χ1n) is 6.51. The van der Waals surface area contributed by atoms with Crippen molar-refractivity contribution in [2.45, 2.75) is 30.3 Å². The Bertz CT molecular complexity index is 715. The van der Waals surface area contributed by atoms with Crippen molar-refractivity contribution in [3.05, 3.63) is 24.0 Å². The Hall–Kier alpha value is -1.78. The average molecular weight is 312 g/mol. The fourth-order valence-electron chi connectivity index (χ4n) is 2.38. The summed E-state index contributed by atoms with van der Waals surface area (Å²) in [6, 6.07) is 1.43. The van der Waals surface area contributed by atoms with E-state index in [0.717, 1.165) is 0 Å². The zero-order valence-electron chi connectivity index (χ0n) is 11.5. The first-order valence-corrected chi connectivity index (χ1v) is 7.95. The number of aromatic nitrogens is 4. The lowest BCUT2D eigenvalue weighted by atomic mass is 9.89. The number of sulfonamides is 1.